The number of amides is 2. The molecule has 0 radical (unpaired) electrons. The van der Waals surface area contributed by atoms with Crippen LogP contribution in [0.3, 0.4) is 0 Å². The molecule has 27 heavy (non-hydrogen) atoms. The average Bonchev–Trinajstić information content (AvgIpc) is 3.13. The van der Waals surface area contributed by atoms with Crippen molar-refractivity contribution < 1.29 is 19.1 Å². The zero-order valence-corrected chi connectivity index (χ0v) is 15.5. The van der Waals surface area contributed by atoms with E-state index in [4.69, 9.17) is 4.42 Å². The Bertz CT molecular complexity index is 812. The molecule has 0 unspecified atom stereocenters. The minimum absolute atomic E-state index is 0.0311. The highest BCUT2D eigenvalue weighted by molar-refractivity contribution is 6.00. The Kier molecular flexibility index (Phi) is 5.66. The van der Waals surface area contributed by atoms with Gasteiger partial charge in [0.25, 0.3) is 0 Å². The fourth-order valence-corrected chi connectivity index (χ4v) is 3.26. The van der Waals surface area contributed by atoms with Crippen molar-refractivity contribution in [2.75, 3.05) is 42.5 Å². The quantitative estimate of drug-likeness (QED) is 0.838. The standard InChI is InChI=1S/C19H24N4O4/c1-3-23(17-13-27-12-15(17)18(24)25)19(26)20-22-10-8-21(9-11-22)16-7-5-4-6-14(16)2/h4-7,12-13H,3,8-11H2,1-2H3,(H,20,26)(H,24,25). The minimum atomic E-state index is -1.13. The molecular formula is C19H24N4O4. The topological polar surface area (TPSA) is 89.3 Å². The third kappa shape index (κ3) is 4.06. The Balaban J connectivity index is 1.61. The van der Waals surface area contributed by atoms with Crippen molar-refractivity contribution >= 4 is 23.4 Å². The number of para-hydroxylation sites is 1. The van der Waals surface area contributed by atoms with Crippen molar-refractivity contribution in [1.82, 2.24) is 10.4 Å². The fraction of sp³-hybridized carbons (Fsp3) is 0.368. The number of anilines is 2. The van der Waals surface area contributed by atoms with E-state index in [9.17, 15) is 14.7 Å². The van der Waals surface area contributed by atoms with Crippen molar-refractivity contribution in [2.24, 2.45) is 0 Å². The molecule has 0 spiro atoms. The van der Waals surface area contributed by atoms with Crippen LogP contribution in [0.4, 0.5) is 16.2 Å². The first kappa shape index (κ1) is 18.8. The molecule has 1 aliphatic heterocycles. The molecule has 8 nitrogen and oxygen atoms in total. The zero-order chi connectivity index (χ0) is 19.4. The summed E-state index contributed by atoms with van der Waals surface area (Å²) in [5.41, 5.74) is 5.53. The first-order chi connectivity index (χ1) is 13.0. The number of carboxylic acid groups (broad SMARTS) is 1. The number of carbonyl (C=O) groups excluding carboxylic acids is 1. The van der Waals surface area contributed by atoms with E-state index in [1.165, 1.54) is 22.4 Å². The third-order valence-corrected chi connectivity index (χ3v) is 4.71. The van der Waals surface area contributed by atoms with E-state index < -0.39 is 5.97 Å². The molecule has 0 aliphatic carbocycles. The molecule has 1 aromatic carbocycles. The van der Waals surface area contributed by atoms with Gasteiger partial charge in [-0.1, -0.05) is 18.2 Å². The van der Waals surface area contributed by atoms with E-state index in [-0.39, 0.29) is 17.3 Å². The highest BCUT2D eigenvalue weighted by Crippen LogP contribution is 2.23. The molecule has 0 saturated carbocycles. The molecule has 1 fully saturated rings. The van der Waals surface area contributed by atoms with Crippen LogP contribution in [0.15, 0.2) is 41.2 Å². The smallest absolute Gasteiger partial charge is 0.341 e. The Morgan fingerprint density at radius 3 is 2.52 bits per heavy atom. The number of carbonyl (C=O) groups is 2. The monoisotopic (exact) mass is 372 g/mol. The van der Waals surface area contributed by atoms with Crippen molar-refractivity contribution in [1.29, 1.82) is 0 Å². The predicted octanol–water partition coefficient (Wildman–Crippen LogP) is 2.56. The molecule has 1 aliphatic rings. The first-order valence-corrected chi connectivity index (χ1v) is 8.94. The van der Waals surface area contributed by atoms with Gasteiger partial charge in [-0.3, -0.25) is 10.3 Å². The fourth-order valence-electron chi connectivity index (χ4n) is 3.26. The minimum Gasteiger partial charge on any atom is -0.477 e. The van der Waals surface area contributed by atoms with E-state index in [0.29, 0.717) is 19.6 Å². The van der Waals surface area contributed by atoms with Crippen LogP contribution in [0.1, 0.15) is 22.8 Å². The number of hydrogen-bond donors (Lipinski definition) is 2. The van der Waals surface area contributed by atoms with Crippen molar-refractivity contribution in [3.05, 3.63) is 47.9 Å². The van der Waals surface area contributed by atoms with Gasteiger partial charge < -0.3 is 14.4 Å². The molecule has 1 saturated heterocycles. The second-order valence-corrected chi connectivity index (χ2v) is 6.40. The number of carboxylic acids is 1. The number of urea groups is 1. The molecule has 3 rings (SSSR count). The maximum Gasteiger partial charge on any atom is 0.341 e. The molecule has 2 aromatic rings. The maximum atomic E-state index is 12.6. The molecule has 0 bridgehead atoms. The van der Waals surface area contributed by atoms with E-state index in [0.717, 1.165) is 19.4 Å². The largest absolute Gasteiger partial charge is 0.477 e. The molecule has 1 aromatic heterocycles. The lowest BCUT2D eigenvalue weighted by atomic mass is 10.1. The number of hydrogen-bond acceptors (Lipinski definition) is 5. The molecule has 0 atom stereocenters. The number of aromatic carboxylic acids is 1. The lowest BCUT2D eigenvalue weighted by molar-refractivity contribution is 0.0697. The summed E-state index contributed by atoms with van der Waals surface area (Å²) in [4.78, 5) is 27.6. The number of furan rings is 1. The van der Waals surface area contributed by atoms with Gasteiger partial charge in [0.1, 0.15) is 18.1 Å². The van der Waals surface area contributed by atoms with E-state index in [2.05, 4.69) is 29.4 Å². The van der Waals surface area contributed by atoms with Crippen LogP contribution in [0.5, 0.6) is 0 Å². The molecule has 2 amide bonds. The van der Waals surface area contributed by atoms with Crippen LogP contribution in [-0.4, -0.2) is 54.8 Å². The lowest BCUT2D eigenvalue weighted by Crippen LogP contribution is -2.56. The summed E-state index contributed by atoms with van der Waals surface area (Å²) < 4.78 is 4.98. The van der Waals surface area contributed by atoms with Gasteiger partial charge in [-0.25, -0.2) is 14.6 Å². The van der Waals surface area contributed by atoms with Gasteiger partial charge in [-0.2, -0.15) is 0 Å². The van der Waals surface area contributed by atoms with Crippen LogP contribution in [-0.2, 0) is 0 Å². The van der Waals surface area contributed by atoms with Gasteiger partial charge in [-0.15, -0.1) is 0 Å². The van der Waals surface area contributed by atoms with Gasteiger partial charge in [0.2, 0.25) is 0 Å². The van der Waals surface area contributed by atoms with Crippen LogP contribution in [0.2, 0.25) is 0 Å². The summed E-state index contributed by atoms with van der Waals surface area (Å²) in [7, 11) is 0. The normalized spacial score (nSPS) is 14.8. The number of nitrogens with one attached hydrogen (secondary N) is 1. The molecule has 2 N–H and O–H groups in total. The first-order valence-electron chi connectivity index (χ1n) is 8.94. The number of benzene rings is 1. The number of rotatable bonds is 5. The summed E-state index contributed by atoms with van der Waals surface area (Å²) in [5, 5.41) is 11.1. The summed E-state index contributed by atoms with van der Waals surface area (Å²) in [6.45, 7) is 7.15. The summed E-state index contributed by atoms with van der Waals surface area (Å²) in [5.74, 6) is -1.13. The Hall–Kier alpha value is -3.00. The zero-order valence-electron chi connectivity index (χ0n) is 15.5. The van der Waals surface area contributed by atoms with Gasteiger partial charge in [-0.05, 0) is 25.5 Å². The van der Waals surface area contributed by atoms with Crippen molar-refractivity contribution in [3.63, 3.8) is 0 Å². The number of hydrazine groups is 1. The third-order valence-electron chi connectivity index (χ3n) is 4.71. The lowest BCUT2D eigenvalue weighted by Gasteiger charge is -2.37. The van der Waals surface area contributed by atoms with Gasteiger partial charge >= 0.3 is 12.0 Å². The second kappa shape index (κ2) is 8.13. The molecule has 8 heteroatoms. The Labute approximate surface area is 157 Å². The van der Waals surface area contributed by atoms with Gasteiger partial charge in [0.05, 0.1) is 5.69 Å². The van der Waals surface area contributed by atoms with Crippen LogP contribution in [0, 0.1) is 6.92 Å². The molecule has 2 heterocycles. The maximum absolute atomic E-state index is 12.6. The van der Waals surface area contributed by atoms with E-state index in [1.807, 2.05) is 17.1 Å². The number of nitrogens with zero attached hydrogens (tertiary/aromatic N) is 3. The summed E-state index contributed by atoms with van der Waals surface area (Å²) in [6.07, 6.45) is 2.41. The highest BCUT2D eigenvalue weighted by Gasteiger charge is 2.25. The van der Waals surface area contributed by atoms with E-state index >= 15 is 0 Å². The summed E-state index contributed by atoms with van der Waals surface area (Å²) in [6, 6.07) is 7.88. The Morgan fingerprint density at radius 1 is 1.19 bits per heavy atom. The van der Waals surface area contributed by atoms with E-state index in [1.54, 1.807) is 6.92 Å². The van der Waals surface area contributed by atoms with Crippen molar-refractivity contribution in [2.45, 2.75) is 13.8 Å². The SMILES string of the molecule is CCN(C(=O)NN1CCN(c2ccccc2C)CC1)c1cocc1C(=O)O. The van der Waals surface area contributed by atoms with Gasteiger partial charge in [0.15, 0.2) is 0 Å². The average molecular weight is 372 g/mol. The van der Waals surface area contributed by atoms with Crippen LogP contribution in [0.25, 0.3) is 0 Å². The van der Waals surface area contributed by atoms with Crippen LogP contribution >= 0.6 is 0 Å². The van der Waals surface area contributed by atoms with Crippen molar-refractivity contribution in [3.8, 4) is 0 Å². The van der Waals surface area contributed by atoms with Crippen LogP contribution < -0.4 is 15.2 Å². The number of piperazine rings is 1. The number of aryl methyl sites for hydroxylation is 1. The Morgan fingerprint density at radius 2 is 1.89 bits per heavy atom. The summed E-state index contributed by atoms with van der Waals surface area (Å²) >= 11 is 0. The van der Waals surface area contributed by atoms with Gasteiger partial charge in [0, 0.05) is 38.4 Å². The second-order valence-electron chi connectivity index (χ2n) is 6.40. The predicted molar refractivity (Wildman–Crippen MR) is 102 cm³/mol. The highest BCUT2D eigenvalue weighted by atomic mass is 16.4. The molecule has 144 valence electrons. The molecular weight excluding hydrogens is 348 g/mol.